The summed E-state index contributed by atoms with van der Waals surface area (Å²) in [6.07, 6.45) is 2.10. The Morgan fingerprint density at radius 2 is 2.22 bits per heavy atom. The summed E-state index contributed by atoms with van der Waals surface area (Å²) in [7, 11) is 0. The molecule has 1 aliphatic rings. The molecule has 122 valence electrons. The van der Waals surface area contributed by atoms with Crippen LogP contribution in [-0.4, -0.2) is 26.7 Å². The number of ether oxygens (including phenoxy) is 2. The molecule has 7 nitrogen and oxygen atoms in total. The van der Waals surface area contributed by atoms with Crippen molar-refractivity contribution < 1.29 is 14.4 Å². The van der Waals surface area contributed by atoms with E-state index in [4.69, 9.17) is 9.47 Å². The lowest BCUT2D eigenvalue weighted by Crippen LogP contribution is -2.42. The van der Waals surface area contributed by atoms with Gasteiger partial charge in [-0.2, -0.15) is 0 Å². The van der Waals surface area contributed by atoms with Gasteiger partial charge in [-0.3, -0.25) is 4.57 Å². The number of imidazole rings is 1. The van der Waals surface area contributed by atoms with Gasteiger partial charge in [0.2, 0.25) is 0 Å². The van der Waals surface area contributed by atoms with E-state index in [0.717, 1.165) is 10.0 Å². The Hall–Kier alpha value is -1.93. The topological polar surface area (TPSA) is 79.4 Å². The van der Waals surface area contributed by atoms with E-state index in [1.807, 2.05) is 31.2 Å². The highest BCUT2D eigenvalue weighted by atomic mass is 79.9. The van der Waals surface area contributed by atoms with Gasteiger partial charge in [0.25, 0.3) is 0 Å². The van der Waals surface area contributed by atoms with Crippen molar-refractivity contribution in [3.8, 4) is 6.01 Å². The van der Waals surface area contributed by atoms with Gasteiger partial charge in [-0.1, -0.05) is 28.1 Å². The number of benzene rings is 1. The summed E-state index contributed by atoms with van der Waals surface area (Å²) < 4.78 is 14.3. The molecule has 0 aliphatic carbocycles. The van der Waals surface area contributed by atoms with Crippen LogP contribution in [0.15, 0.2) is 34.9 Å². The van der Waals surface area contributed by atoms with Gasteiger partial charge in [-0.15, -0.1) is 0 Å². The van der Waals surface area contributed by atoms with Crippen molar-refractivity contribution in [3.63, 3.8) is 0 Å². The van der Waals surface area contributed by atoms with Gasteiger partial charge in [0, 0.05) is 22.4 Å². The lowest BCUT2D eigenvalue weighted by atomic mass is 10.0. The maximum Gasteiger partial charge on any atom is 0.414 e. The fraction of sp³-hybridized carbons (Fsp3) is 0.400. The zero-order chi connectivity index (χ0) is 16.4. The summed E-state index contributed by atoms with van der Waals surface area (Å²) in [6, 6.07) is 8.19. The molecule has 0 fully saturated rings. The molecule has 0 spiro atoms. The first-order valence-corrected chi connectivity index (χ1v) is 7.97. The second-order valence-corrected chi connectivity index (χ2v) is 6.67. The minimum absolute atomic E-state index is 0.194. The number of rotatable bonds is 5. The van der Waals surface area contributed by atoms with E-state index in [2.05, 4.69) is 20.9 Å². The van der Waals surface area contributed by atoms with E-state index in [-0.39, 0.29) is 11.8 Å². The van der Waals surface area contributed by atoms with Crippen LogP contribution < -0.4 is 4.74 Å². The van der Waals surface area contributed by atoms with Gasteiger partial charge in [0.05, 0.1) is 13.2 Å². The summed E-state index contributed by atoms with van der Waals surface area (Å²) in [5, 5.41) is 10.8. The van der Waals surface area contributed by atoms with Crippen molar-refractivity contribution in [3.05, 3.63) is 50.6 Å². The number of nitrogens with zero attached hydrogens (tertiary/aromatic N) is 3. The first-order valence-electron chi connectivity index (χ1n) is 7.18. The third-order valence-corrected chi connectivity index (χ3v) is 4.25. The van der Waals surface area contributed by atoms with Crippen LogP contribution in [0.3, 0.4) is 0 Å². The van der Waals surface area contributed by atoms with Gasteiger partial charge in [-0.25, -0.2) is 0 Å². The average Bonchev–Trinajstić information content (AvgIpc) is 2.92. The van der Waals surface area contributed by atoms with Crippen LogP contribution in [0.5, 0.6) is 6.01 Å². The Morgan fingerprint density at radius 1 is 1.48 bits per heavy atom. The number of nitro groups is 1. The fourth-order valence-electron chi connectivity index (χ4n) is 2.41. The molecule has 0 unspecified atom stereocenters. The molecule has 8 heteroatoms. The molecule has 1 aliphatic heterocycles. The van der Waals surface area contributed by atoms with Crippen LogP contribution in [0.25, 0.3) is 0 Å². The van der Waals surface area contributed by atoms with Crippen LogP contribution in [0, 0.1) is 10.1 Å². The minimum Gasteiger partial charge on any atom is -0.437 e. The van der Waals surface area contributed by atoms with E-state index < -0.39 is 10.5 Å². The molecule has 1 atom stereocenters. The molecule has 1 aromatic heterocycles. The van der Waals surface area contributed by atoms with E-state index in [1.54, 1.807) is 4.57 Å². The Balaban J connectivity index is 1.59. The maximum atomic E-state index is 10.8. The van der Waals surface area contributed by atoms with Crippen LogP contribution in [-0.2, 0) is 17.9 Å². The zero-order valence-electron chi connectivity index (χ0n) is 12.6. The third kappa shape index (κ3) is 3.70. The minimum atomic E-state index is -0.537. The van der Waals surface area contributed by atoms with Crippen LogP contribution in [0.1, 0.15) is 18.9 Å². The second-order valence-electron chi connectivity index (χ2n) is 5.75. The Labute approximate surface area is 141 Å². The number of fused-ring (bicyclic) bond motifs is 1. The van der Waals surface area contributed by atoms with E-state index in [9.17, 15) is 10.1 Å². The monoisotopic (exact) mass is 381 g/mol. The Bertz CT molecular complexity index is 716. The first-order chi connectivity index (χ1) is 11.0. The predicted octanol–water partition coefficient (Wildman–Crippen LogP) is 3.31. The van der Waals surface area contributed by atoms with E-state index in [1.165, 1.54) is 6.20 Å². The molecule has 1 aromatic carbocycles. The predicted molar refractivity (Wildman–Crippen MR) is 86.3 cm³/mol. The van der Waals surface area contributed by atoms with E-state index in [0.29, 0.717) is 26.2 Å². The van der Waals surface area contributed by atoms with Crippen molar-refractivity contribution >= 4 is 21.7 Å². The molecule has 0 saturated heterocycles. The van der Waals surface area contributed by atoms with Gasteiger partial charge >= 0.3 is 11.8 Å². The van der Waals surface area contributed by atoms with Gasteiger partial charge in [0.1, 0.15) is 11.8 Å². The second kappa shape index (κ2) is 6.29. The normalized spacial score (nSPS) is 19.9. The SMILES string of the molecule is C[C@]1(COCc2ccc(Br)cc2)CCn2cc([N+](=O)[O-])nc2O1. The molecule has 3 rings (SSSR count). The van der Waals surface area contributed by atoms with Crippen molar-refractivity contribution in [2.24, 2.45) is 0 Å². The highest BCUT2D eigenvalue weighted by Crippen LogP contribution is 2.30. The number of aromatic nitrogens is 2. The van der Waals surface area contributed by atoms with Gasteiger partial charge in [0.15, 0.2) is 0 Å². The largest absolute Gasteiger partial charge is 0.437 e. The fourth-order valence-corrected chi connectivity index (χ4v) is 2.68. The summed E-state index contributed by atoms with van der Waals surface area (Å²) in [5.41, 5.74) is 0.537. The van der Waals surface area contributed by atoms with Crippen LogP contribution >= 0.6 is 15.9 Å². The summed E-state index contributed by atoms with van der Waals surface area (Å²) in [4.78, 5) is 14.2. The highest BCUT2D eigenvalue weighted by Gasteiger charge is 2.36. The first kappa shape index (κ1) is 15.9. The maximum absolute atomic E-state index is 10.8. The summed E-state index contributed by atoms with van der Waals surface area (Å²) in [5.74, 6) is -0.194. The molecule has 23 heavy (non-hydrogen) atoms. The molecule has 0 amide bonds. The zero-order valence-corrected chi connectivity index (χ0v) is 14.2. The molecular formula is C15H16BrN3O4. The van der Waals surface area contributed by atoms with Gasteiger partial charge < -0.3 is 19.6 Å². The molecule has 0 N–H and O–H groups in total. The average molecular weight is 382 g/mol. The van der Waals surface area contributed by atoms with Gasteiger partial charge in [-0.05, 0) is 29.5 Å². The number of aryl methyl sites for hydroxylation is 1. The molecule has 2 heterocycles. The van der Waals surface area contributed by atoms with Crippen LogP contribution in [0.2, 0.25) is 0 Å². The quantitative estimate of drug-likeness (QED) is 0.586. The summed E-state index contributed by atoms with van der Waals surface area (Å²) in [6.45, 7) is 3.43. The third-order valence-electron chi connectivity index (χ3n) is 3.72. The molecule has 0 saturated carbocycles. The molecular weight excluding hydrogens is 366 g/mol. The molecule has 0 radical (unpaired) electrons. The number of hydrogen-bond acceptors (Lipinski definition) is 5. The lowest BCUT2D eigenvalue weighted by molar-refractivity contribution is -0.389. The van der Waals surface area contributed by atoms with Crippen LogP contribution in [0.4, 0.5) is 5.82 Å². The van der Waals surface area contributed by atoms with Crippen molar-refractivity contribution in [1.29, 1.82) is 0 Å². The Morgan fingerprint density at radius 3 is 2.91 bits per heavy atom. The molecule has 2 aromatic rings. The highest BCUT2D eigenvalue weighted by molar-refractivity contribution is 9.10. The van der Waals surface area contributed by atoms with Crippen molar-refractivity contribution in [1.82, 2.24) is 9.55 Å². The van der Waals surface area contributed by atoms with Crippen molar-refractivity contribution in [2.45, 2.75) is 32.1 Å². The number of hydrogen-bond donors (Lipinski definition) is 0. The molecule has 0 bridgehead atoms. The Kier molecular flexibility index (Phi) is 4.36. The smallest absolute Gasteiger partial charge is 0.414 e. The standard InChI is InChI=1S/C15H16BrN3O4/c1-15(10-22-9-11-2-4-12(16)5-3-11)6-7-18-8-13(19(20)21)17-14(18)23-15/h2-5,8H,6-7,9-10H2,1H3/t15-/m1/s1. The lowest BCUT2D eigenvalue weighted by Gasteiger charge is -2.32. The van der Waals surface area contributed by atoms with E-state index >= 15 is 0 Å². The summed E-state index contributed by atoms with van der Waals surface area (Å²) >= 11 is 3.39. The number of halogens is 1. The van der Waals surface area contributed by atoms with Crippen molar-refractivity contribution in [2.75, 3.05) is 6.61 Å².